The van der Waals surface area contributed by atoms with Crippen LogP contribution in [0.1, 0.15) is 12.5 Å². The number of amides is 1. The summed E-state index contributed by atoms with van der Waals surface area (Å²) in [4.78, 5) is 18.2. The minimum absolute atomic E-state index is 0.0258. The third-order valence-corrected chi connectivity index (χ3v) is 3.45. The monoisotopic (exact) mass is 298 g/mol. The molecule has 2 rings (SSSR count). The Labute approximate surface area is 131 Å². The van der Waals surface area contributed by atoms with Crippen LogP contribution in [0.4, 0.5) is 11.4 Å². The summed E-state index contributed by atoms with van der Waals surface area (Å²) < 4.78 is 0. The first-order chi connectivity index (χ1) is 10.7. The third kappa shape index (κ3) is 5.18. The molecular weight excluding hydrogens is 276 g/mol. The van der Waals surface area contributed by atoms with Crippen LogP contribution in [0.2, 0.25) is 0 Å². The lowest BCUT2D eigenvalue weighted by Gasteiger charge is -2.19. The second-order valence-electron chi connectivity index (χ2n) is 5.15. The van der Waals surface area contributed by atoms with Crippen LogP contribution in [-0.2, 0) is 11.2 Å². The smallest absolute Gasteiger partial charge is 0.238 e. The molecule has 0 saturated heterocycles. The van der Waals surface area contributed by atoms with Crippen LogP contribution in [0.15, 0.2) is 48.8 Å². The Morgan fingerprint density at radius 1 is 1.27 bits per heavy atom. The highest BCUT2D eigenvalue weighted by atomic mass is 16.2. The van der Waals surface area contributed by atoms with Crippen LogP contribution < -0.4 is 11.1 Å². The predicted octanol–water partition coefficient (Wildman–Crippen LogP) is 2.17. The quantitative estimate of drug-likeness (QED) is 0.769. The van der Waals surface area contributed by atoms with E-state index in [-0.39, 0.29) is 5.91 Å². The highest BCUT2D eigenvalue weighted by Gasteiger charge is 2.09. The molecule has 1 aromatic heterocycles. The number of nitrogens with two attached hydrogens (primary N) is 1. The maximum Gasteiger partial charge on any atom is 0.238 e. The molecule has 5 heteroatoms. The number of nitrogens with zero attached hydrogens (tertiary/aromatic N) is 2. The van der Waals surface area contributed by atoms with E-state index in [2.05, 4.69) is 22.1 Å². The minimum atomic E-state index is -0.0258. The molecule has 0 radical (unpaired) electrons. The maximum atomic E-state index is 12.1. The molecule has 0 atom stereocenters. The summed E-state index contributed by atoms with van der Waals surface area (Å²) in [5.74, 6) is -0.0258. The number of rotatable bonds is 7. The van der Waals surface area contributed by atoms with Gasteiger partial charge in [-0.2, -0.15) is 0 Å². The molecule has 1 aromatic carbocycles. The van der Waals surface area contributed by atoms with Gasteiger partial charge in [-0.3, -0.25) is 14.7 Å². The van der Waals surface area contributed by atoms with Gasteiger partial charge in [0.2, 0.25) is 5.91 Å². The summed E-state index contributed by atoms with van der Waals surface area (Å²) in [6.45, 7) is 4.09. The van der Waals surface area contributed by atoms with Gasteiger partial charge in [-0.25, -0.2) is 0 Å². The number of benzene rings is 1. The van der Waals surface area contributed by atoms with Crippen molar-refractivity contribution in [1.82, 2.24) is 9.88 Å². The fourth-order valence-corrected chi connectivity index (χ4v) is 2.21. The molecule has 3 N–H and O–H groups in total. The van der Waals surface area contributed by atoms with Crippen molar-refractivity contribution in [2.24, 2.45) is 0 Å². The van der Waals surface area contributed by atoms with Crippen molar-refractivity contribution in [3.8, 4) is 0 Å². The van der Waals surface area contributed by atoms with Crippen LogP contribution in [0, 0.1) is 0 Å². The number of hydrogen-bond donors (Lipinski definition) is 2. The first-order valence-electron chi connectivity index (χ1n) is 7.44. The van der Waals surface area contributed by atoms with Gasteiger partial charge in [-0.05, 0) is 48.9 Å². The van der Waals surface area contributed by atoms with Gasteiger partial charge in [0.05, 0.1) is 6.54 Å². The highest BCUT2D eigenvalue weighted by molar-refractivity contribution is 5.92. The lowest BCUT2D eigenvalue weighted by molar-refractivity contribution is -0.117. The molecule has 0 aliphatic heterocycles. The van der Waals surface area contributed by atoms with Gasteiger partial charge >= 0.3 is 0 Å². The molecule has 0 aliphatic rings. The Morgan fingerprint density at radius 2 is 2.05 bits per heavy atom. The molecule has 0 fully saturated rings. The van der Waals surface area contributed by atoms with Crippen molar-refractivity contribution in [3.05, 3.63) is 54.4 Å². The molecule has 1 amide bonds. The topological polar surface area (TPSA) is 71.2 Å². The van der Waals surface area contributed by atoms with Crippen LogP contribution in [0.5, 0.6) is 0 Å². The van der Waals surface area contributed by atoms with Crippen LogP contribution in [-0.4, -0.2) is 35.4 Å². The average molecular weight is 298 g/mol. The zero-order valence-electron chi connectivity index (χ0n) is 12.8. The molecule has 1 heterocycles. The number of pyridine rings is 1. The molecule has 0 spiro atoms. The third-order valence-electron chi connectivity index (χ3n) is 3.45. The molecule has 0 bridgehead atoms. The van der Waals surface area contributed by atoms with Crippen molar-refractivity contribution in [3.63, 3.8) is 0 Å². The number of anilines is 2. The van der Waals surface area contributed by atoms with E-state index in [1.54, 1.807) is 24.5 Å². The largest absolute Gasteiger partial charge is 0.399 e. The molecule has 0 saturated carbocycles. The van der Waals surface area contributed by atoms with Gasteiger partial charge in [0.25, 0.3) is 0 Å². The van der Waals surface area contributed by atoms with Crippen LogP contribution in [0.25, 0.3) is 0 Å². The Kier molecular flexibility index (Phi) is 5.91. The van der Waals surface area contributed by atoms with Crippen LogP contribution >= 0.6 is 0 Å². The second-order valence-corrected chi connectivity index (χ2v) is 5.15. The van der Waals surface area contributed by atoms with Crippen molar-refractivity contribution in [2.45, 2.75) is 13.3 Å². The summed E-state index contributed by atoms with van der Waals surface area (Å²) in [6.07, 6.45) is 4.48. The van der Waals surface area contributed by atoms with Gasteiger partial charge in [0.15, 0.2) is 0 Å². The van der Waals surface area contributed by atoms with Crippen molar-refractivity contribution >= 4 is 17.3 Å². The van der Waals surface area contributed by atoms with Gasteiger partial charge < -0.3 is 11.1 Å². The summed E-state index contributed by atoms with van der Waals surface area (Å²) in [5, 5.41) is 2.88. The van der Waals surface area contributed by atoms with Crippen LogP contribution in [0.3, 0.4) is 0 Å². The van der Waals surface area contributed by atoms with Gasteiger partial charge in [0, 0.05) is 30.3 Å². The van der Waals surface area contributed by atoms with E-state index in [1.165, 1.54) is 5.56 Å². The fourth-order valence-electron chi connectivity index (χ4n) is 2.21. The van der Waals surface area contributed by atoms with E-state index in [4.69, 9.17) is 5.73 Å². The van der Waals surface area contributed by atoms with E-state index < -0.39 is 0 Å². The summed E-state index contributed by atoms with van der Waals surface area (Å²) in [6, 6.07) is 11.2. The van der Waals surface area contributed by atoms with E-state index in [9.17, 15) is 4.79 Å². The maximum absolute atomic E-state index is 12.1. The first kappa shape index (κ1) is 16.0. The lowest BCUT2D eigenvalue weighted by Crippen LogP contribution is -2.34. The normalized spacial score (nSPS) is 10.6. The average Bonchev–Trinajstić information content (AvgIpc) is 2.52. The number of likely N-dealkylation sites (N-methyl/N-ethyl adjacent to an activating group) is 1. The minimum Gasteiger partial charge on any atom is -0.399 e. The molecule has 2 aromatic rings. The van der Waals surface area contributed by atoms with Crippen molar-refractivity contribution in [1.29, 1.82) is 0 Å². The molecule has 22 heavy (non-hydrogen) atoms. The molecule has 0 aliphatic carbocycles. The lowest BCUT2D eigenvalue weighted by atomic mass is 10.2. The van der Waals surface area contributed by atoms with E-state index in [1.807, 2.05) is 24.3 Å². The number of nitrogens with one attached hydrogen (secondary N) is 1. The highest BCUT2D eigenvalue weighted by Crippen LogP contribution is 2.11. The Hall–Kier alpha value is -2.40. The Bertz CT molecular complexity index is 601. The van der Waals surface area contributed by atoms with E-state index >= 15 is 0 Å². The van der Waals surface area contributed by atoms with Gasteiger partial charge in [-0.1, -0.05) is 13.0 Å². The summed E-state index contributed by atoms with van der Waals surface area (Å²) >= 11 is 0. The summed E-state index contributed by atoms with van der Waals surface area (Å²) in [5.41, 5.74) is 8.31. The first-order valence-corrected chi connectivity index (χ1v) is 7.44. The standard InChI is InChI=1S/C17H22N4O/c1-2-21(11-8-14-6-9-19-10-7-14)13-17(22)20-16-5-3-4-15(18)12-16/h3-7,9-10,12H,2,8,11,13,18H2,1H3,(H,20,22). The molecule has 0 unspecified atom stereocenters. The van der Waals surface area contributed by atoms with Crippen molar-refractivity contribution in [2.75, 3.05) is 30.7 Å². The van der Waals surface area contributed by atoms with Crippen molar-refractivity contribution < 1.29 is 4.79 Å². The Balaban J connectivity index is 1.83. The number of hydrogen-bond acceptors (Lipinski definition) is 4. The fraction of sp³-hybridized carbons (Fsp3) is 0.294. The van der Waals surface area contributed by atoms with E-state index in [0.29, 0.717) is 12.2 Å². The summed E-state index contributed by atoms with van der Waals surface area (Å²) in [7, 11) is 0. The molecular formula is C17H22N4O. The number of aromatic nitrogens is 1. The van der Waals surface area contributed by atoms with E-state index in [0.717, 1.165) is 25.2 Å². The number of nitrogen functional groups attached to an aromatic ring is 1. The predicted molar refractivity (Wildman–Crippen MR) is 89.5 cm³/mol. The van der Waals surface area contributed by atoms with Gasteiger partial charge in [-0.15, -0.1) is 0 Å². The zero-order valence-corrected chi connectivity index (χ0v) is 12.8. The molecule has 5 nitrogen and oxygen atoms in total. The second kappa shape index (κ2) is 8.14. The molecule has 116 valence electrons. The van der Waals surface area contributed by atoms with Gasteiger partial charge in [0.1, 0.15) is 0 Å². The number of carbonyl (C=O) groups is 1. The zero-order chi connectivity index (χ0) is 15.8. The Morgan fingerprint density at radius 3 is 2.73 bits per heavy atom. The SMILES string of the molecule is CCN(CCc1ccncc1)CC(=O)Nc1cccc(N)c1. The number of carbonyl (C=O) groups excluding carboxylic acids is 1.